The maximum atomic E-state index is 13.6. The quantitative estimate of drug-likeness (QED) is 0.715. The van der Waals surface area contributed by atoms with Crippen LogP contribution >= 0.6 is 11.6 Å². The van der Waals surface area contributed by atoms with Crippen molar-refractivity contribution in [2.45, 2.75) is 19.8 Å². The van der Waals surface area contributed by atoms with Crippen LogP contribution in [0.2, 0.25) is 5.02 Å². The van der Waals surface area contributed by atoms with E-state index in [0.29, 0.717) is 22.8 Å². The summed E-state index contributed by atoms with van der Waals surface area (Å²) in [6.07, 6.45) is 1.94. The molecule has 0 N–H and O–H groups in total. The minimum Gasteiger partial charge on any atom is -0.366 e. The lowest BCUT2D eigenvalue weighted by Crippen LogP contribution is -2.38. The molecule has 0 spiro atoms. The number of halogens is 2. The van der Waals surface area contributed by atoms with E-state index in [1.165, 1.54) is 18.2 Å². The number of carbonyl (C=O) groups is 2. The molecule has 0 unspecified atom stereocenters. The molecule has 4 rings (SSSR count). The van der Waals surface area contributed by atoms with Gasteiger partial charge in [-0.3, -0.25) is 9.59 Å². The molecular weight excluding hydrogens is 379 g/mol. The molecule has 1 saturated heterocycles. The van der Waals surface area contributed by atoms with Gasteiger partial charge < -0.3 is 4.90 Å². The number of likely N-dealkylation sites (tertiary alicyclic amines) is 1. The van der Waals surface area contributed by atoms with Crippen LogP contribution in [-0.2, 0) is 9.59 Å². The first-order valence-corrected chi connectivity index (χ1v) is 9.73. The number of hydrogen-bond donors (Lipinski definition) is 0. The Bertz CT molecular complexity index is 966. The zero-order valence-electron chi connectivity index (χ0n) is 15.5. The van der Waals surface area contributed by atoms with Crippen molar-refractivity contribution in [2.24, 2.45) is 5.92 Å². The van der Waals surface area contributed by atoms with Gasteiger partial charge >= 0.3 is 0 Å². The SMILES string of the molecule is CC1CCN(C2=C(c3ccccc3)C(=O)N(c3ccc(F)c(Cl)c3)C2=O)CC1. The fraction of sp³-hybridized carbons (Fsp3) is 0.273. The number of nitrogens with zero attached hydrogens (tertiary/aromatic N) is 2. The molecule has 6 heteroatoms. The molecule has 2 heterocycles. The fourth-order valence-corrected chi connectivity index (χ4v) is 3.94. The Kier molecular flexibility index (Phi) is 4.94. The number of anilines is 1. The highest BCUT2D eigenvalue weighted by atomic mass is 35.5. The van der Waals surface area contributed by atoms with Crippen LogP contribution in [0.5, 0.6) is 0 Å². The Morgan fingerprint density at radius 3 is 2.32 bits per heavy atom. The fourth-order valence-electron chi connectivity index (χ4n) is 3.77. The van der Waals surface area contributed by atoms with Gasteiger partial charge in [0.25, 0.3) is 11.8 Å². The van der Waals surface area contributed by atoms with Crippen LogP contribution in [0.3, 0.4) is 0 Å². The molecule has 0 bridgehead atoms. The minimum atomic E-state index is -0.592. The zero-order chi connectivity index (χ0) is 19.8. The van der Waals surface area contributed by atoms with Gasteiger partial charge in [-0.15, -0.1) is 0 Å². The molecule has 2 aliphatic rings. The Hall–Kier alpha value is -2.66. The van der Waals surface area contributed by atoms with E-state index >= 15 is 0 Å². The summed E-state index contributed by atoms with van der Waals surface area (Å²) >= 11 is 5.89. The van der Waals surface area contributed by atoms with E-state index in [2.05, 4.69) is 6.92 Å². The summed E-state index contributed by atoms with van der Waals surface area (Å²) in [6, 6.07) is 13.1. The lowest BCUT2D eigenvalue weighted by atomic mass is 9.97. The van der Waals surface area contributed by atoms with E-state index in [9.17, 15) is 14.0 Å². The molecule has 144 valence electrons. The first kappa shape index (κ1) is 18.7. The van der Waals surface area contributed by atoms with E-state index in [4.69, 9.17) is 11.6 Å². The molecule has 1 fully saturated rings. The van der Waals surface area contributed by atoms with Crippen molar-refractivity contribution in [3.63, 3.8) is 0 Å². The Morgan fingerprint density at radius 2 is 1.68 bits per heavy atom. The second kappa shape index (κ2) is 7.40. The minimum absolute atomic E-state index is 0.125. The third kappa shape index (κ3) is 3.20. The normalized spacial score (nSPS) is 18.4. The first-order valence-electron chi connectivity index (χ1n) is 9.36. The monoisotopic (exact) mass is 398 g/mol. The van der Waals surface area contributed by atoms with Crippen LogP contribution in [0.4, 0.5) is 10.1 Å². The van der Waals surface area contributed by atoms with Gasteiger partial charge in [-0.2, -0.15) is 0 Å². The summed E-state index contributed by atoms with van der Waals surface area (Å²) < 4.78 is 13.6. The Balaban J connectivity index is 1.80. The van der Waals surface area contributed by atoms with Crippen molar-refractivity contribution in [3.05, 3.63) is 70.6 Å². The van der Waals surface area contributed by atoms with Crippen LogP contribution in [0.25, 0.3) is 5.57 Å². The lowest BCUT2D eigenvalue weighted by Gasteiger charge is -2.32. The summed E-state index contributed by atoms with van der Waals surface area (Å²) in [6.45, 7) is 3.64. The van der Waals surface area contributed by atoms with Crippen LogP contribution in [0, 0.1) is 11.7 Å². The van der Waals surface area contributed by atoms with Gasteiger partial charge in [0.1, 0.15) is 11.5 Å². The first-order chi connectivity index (χ1) is 13.5. The van der Waals surface area contributed by atoms with Crippen molar-refractivity contribution in [2.75, 3.05) is 18.0 Å². The third-order valence-electron chi connectivity index (χ3n) is 5.38. The number of hydrogen-bond acceptors (Lipinski definition) is 3. The van der Waals surface area contributed by atoms with Crippen LogP contribution in [0.1, 0.15) is 25.3 Å². The predicted molar refractivity (Wildman–Crippen MR) is 107 cm³/mol. The summed E-state index contributed by atoms with van der Waals surface area (Å²) in [5, 5.41) is -0.125. The molecule has 2 aliphatic heterocycles. The number of rotatable bonds is 3. The zero-order valence-corrected chi connectivity index (χ0v) is 16.2. The number of piperidine rings is 1. The summed E-state index contributed by atoms with van der Waals surface area (Å²) in [7, 11) is 0. The molecule has 2 aromatic carbocycles. The Labute approximate surface area is 168 Å². The highest BCUT2D eigenvalue weighted by molar-refractivity contribution is 6.45. The molecule has 0 aromatic heterocycles. The van der Waals surface area contributed by atoms with Crippen LogP contribution < -0.4 is 4.90 Å². The van der Waals surface area contributed by atoms with E-state index in [1.807, 2.05) is 35.2 Å². The molecule has 0 radical (unpaired) electrons. The predicted octanol–water partition coefficient (Wildman–Crippen LogP) is 4.50. The van der Waals surface area contributed by atoms with Crippen molar-refractivity contribution in [3.8, 4) is 0 Å². The number of imide groups is 1. The molecule has 2 amide bonds. The van der Waals surface area contributed by atoms with Crippen LogP contribution in [-0.4, -0.2) is 29.8 Å². The lowest BCUT2D eigenvalue weighted by molar-refractivity contribution is -0.120. The van der Waals surface area contributed by atoms with E-state index < -0.39 is 11.7 Å². The molecule has 4 nitrogen and oxygen atoms in total. The van der Waals surface area contributed by atoms with Gasteiger partial charge in [-0.25, -0.2) is 9.29 Å². The average molecular weight is 399 g/mol. The standard InChI is InChI=1S/C22H20ClFN2O2/c1-14-9-11-25(12-10-14)20-19(15-5-3-2-4-6-15)21(27)26(22(20)28)16-7-8-18(24)17(23)13-16/h2-8,13-14H,9-12H2,1H3. The van der Waals surface area contributed by atoms with Gasteiger partial charge in [-0.1, -0.05) is 48.9 Å². The van der Waals surface area contributed by atoms with E-state index in [0.717, 1.165) is 30.8 Å². The summed E-state index contributed by atoms with van der Waals surface area (Å²) in [5.74, 6) is -0.796. The van der Waals surface area contributed by atoms with Gasteiger partial charge in [0.05, 0.1) is 16.3 Å². The van der Waals surface area contributed by atoms with Crippen molar-refractivity contribution >= 4 is 34.7 Å². The maximum absolute atomic E-state index is 13.6. The van der Waals surface area contributed by atoms with Gasteiger partial charge in [0, 0.05) is 13.1 Å². The highest BCUT2D eigenvalue weighted by Crippen LogP contribution is 2.37. The molecule has 28 heavy (non-hydrogen) atoms. The number of carbonyl (C=O) groups excluding carboxylic acids is 2. The average Bonchev–Trinajstić information content (AvgIpc) is 2.96. The van der Waals surface area contributed by atoms with Crippen molar-refractivity contribution in [1.82, 2.24) is 4.90 Å². The Morgan fingerprint density at radius 1 is 1.00 bits per heavy atom. The molecule has 0 saturated carbocycles. The van der Waals surface area contributed by atoms with E-state index in [-0.39, 0.29) is 16.6 Å². The van der Waals surface area contributed by atoms with Crippen molar-refractivity contribution < 1.29 is 14.0 Å². The van der Waals surface area contributed by atoms with Crippen LogP contribution in [0.15, 0.2) is 54.2 Å². The molecule has 0 aliphatic carbocycles. The van der Waals surface area contributed by atoms with Gasteiger partial charge in [0.15, 0.2) is 0 Å². The molecular formula is C22H20ClFN2O2. The van der Waals surface area contributed by atoms with Crippen molar-refractivity contribution in [1.29, 1.82) is 0 Å². The molecule has 2 aromatic rings. The van der Waals surface area contributed by atoms with Gasteiger partial charge in [0.2, 0.25) is 0 Å². The largest absolute Gasteiger partial charge is 0.366 e. The number of benzene rings is 2. The maximum Gasteiger partial charge on any atom is 0.282 e. The smallest absolute Gasteiger partial charge is 0.282 e. The summed E-state index contributed by atoms with van der Waals surface area (Å²) in [4.78, 5) is 29.8. The highest BCUT2D eigenvalue weighted by Gasteiger charge is 2.43. The van der Waals surface area contributed by atoms with Gasteiger partial charge in [-0.05, 0) is 42.5 Å². The topological polar surface area (TPSA) is 40.6 Å². The summed E-state index contributed by atoms with van der Waals surface area (Å²) in [5.41, 5.74) is 1.78. The third-order valence-corrected chi connectivity index (χ3v) is 5.67. The molecule has 0 atom stereocenters. The second-order valence-corrected chi connectivity index (χ2v) is 7.71. The number of amides is 2. The second-order valence-electron chi connectivity index (χ2n) is 7.30. The van der Waals surface area contributed by atoms with E-state index in [1.54, 1.807) is 0 Å².